The molecule has 0 aliphatic carbocycles. The van der Waals surface area contributed by atoms with E-state index in [0.717, 1.165) is 11.1 Å². The molecule has 20 heavy (non-hydrogen) atoms. The molecule has 0 fully saturated rings. The van der Waals surface area contributed by atoms with Gasteiger partial charge in [-0.2, -0.15) is 0 Å². The smallest absolute Gasteiger partial charge is 0.122 e. The fourth-order valence-corrected chi connectivity index (χ4v) is 1.88. The van der Waals surface area contributed by atoms with Crippen LogP contribution in [0.4, 0.5) is 0 Å². The number of nitrogens with zero attached hydrogens (tertiary/aromatic N) is 1. The van der Waals surface area contributed by atoms with Crippen molar-refractivity contribution in [1.29, 1.82) is 0 Å². The van der Waals surface area contributed by atoms with Gasteiger partial charge in [-0.1, -0.05) is 11.8 Å². The van der Waals surface area contributed by atoms with Gasteiger partial charge in [-0.25, -0.2) is 0 Å². The topological polar surface area (TPSA) is 88.5 Å². The standard InChI is InChI=1S/C15H23N5/c1-11(8-18-3)15(17)20-10-13-9-19-12(2)14(13)6-4-5-7-16/h5,7-9,12,14,18-19H,10,16H2,1-3H3,(H2,17,20)/b7-5-,11-8-/t12-,14?/m1/s1. The lowest BCUT2D eigenvalue weighted by molar-refractivity contribution is 0.594. The second-order valence-electron chi connectivity index (χ2n) is 4.62. The quantitative estimate of drug-likeness (QED) is 0.340. The largest absolute Gasteiger partial charge is 0.404 e. The summed E-state index contributed by atoms with van der Waals surface area (Å²) in [6.07, 6.45) is 6.88. The summed E-state index contributed by atoms with van der Waals surface area (Å²) in [4.78, 5) is 4.40. The summed E-state index contributed by atoms with van der Waals surface area (Å²) in [5, 5.41) is 6.20. The lowest BCUT2D eigenvalue weighted by atomic mass is 9.97. The Hall–Kier alpha value is -2.35. The number of amidine groups is 1. The van der Waals surface area contributed by atoms with Gasteiger partial charge in [0.2, 0.25) is 0 Å². The average Bonchev–Trinajstić information content (AvgIpc) is 2.78. The van der Waals surface area contributed by atoms with Gasteiger partial charge in [0, 0.05) is 37.1 Å². The van der Waals surface area contributed by atoms with Gasteiger partial charge < -0.3 is 22.1 Å². The van der Waals surface area contributed by atoms with Crippen LogP contribution in [0.25, 0.3) is 0 Å². The summed E-state index contributed by atoms with van der Waals surface area (Å²) in [7, 11) is 1.83. The molecule has 1 heterocycles. The SMILES string of the molecule is CN/C=C(C)\C(N)=N/CC1=CN[C@H](C)C1C#C/C=C\N. The molecule has 2 atom stereocenters. The fourth-order valence-electron chi connectivity index (χ4n) is 1.88. The molecular formula is C15H23N5. The zero-order chi connectivity index (χ0) is 15.0. The Bertz CT molecular complexity index is 502. The van der Waals surface area contributed by atoms with Crippen molar-refractivity contribution in [3.8, 4) is 11.8 Å². The van der Waals surface area contributed by atoms with E-state index in [0.29, 0.717) is 12.4 Å². The Kier molecular flexibility index (Phi) is 6.24. The molecule has 1 unspecified atom stereocenters. The van der Waals surface area contributed by atoms with Crippen LogP contribution >= 0.6 is 0 Å². The second kappa shape index (κ2) is 7.95. The Morgan fingerprint density at radius 1 is 1.60 bits per heavy atom. The molecule has 5 nitrogen and oxygen atoms in total. The summed E-state index contributed by atoms with van der Waals surface area (Å²) in [6, 6.07) is 0.272. The summed E-state index contributed by atoms with van der Waals surface area (Å²) < 4.78 is 0. The second-order valence-corrected chi connectivity index (χ2v) is 4.62. The van der Waals surface area contributed by atoms with Crippen molar-refractivity contribution in [3.05, 3.63) is 35.8 Å². The van der Waals surface area contributed by atoms with Crippen LogP contribution in [0.1, 0.15) is 13.8 Å². The lowest BCUT2D eigenvalue weighted by Crippen LogP contribution is -2.23. The van der Waals surface area contributed by atoms with E-state index >= 15 is 0 Å². The predicted octanol–water partition coefficient (Wildman–Crippen LogP) is 0.434. The molecule has 6 N–H and O–H groups in total. The Labute approximate surface area is 120 Å². The van der Waals surface area contributed by atoms with E-state index in [4.69, 9.17) is 11.5 Å². The highest BCUT2D eigenvalue weighted by atomic mass is 14.9. The van der Waals surface area contributed by atoms with Gasteiger partial charge in [-0.3, -0.25) is 4.99 Å². The summed E-state index contributed by atoms with van der Waals surface area (Å²) >= 11 is 0. The third kappa shape index (κ3) is 4.39. The van der Waals surface area contributed by atoms with Crippen LogP contribution in [0, 0.1) is 17.8 Å². The molecule has 0 aromatic heterocycles. The first-order chi connectivity index (χ1) is 9.60. The fraction of sp³-hybridized carbons (Fsp3) is 0.400. The van der Waals surface area contributed by atoms with E-state index < -0.39 is 0 Å². The van der Waals surface area contributed by atoms with Crippen molar-refractivity contribution < 1.29 is 0 Å². The van der Waals surface area contributed by atoms with E-state index in [1.807, 2.05) is 26.4 Å². The maximum Gasteiger partial charge on any atom is 0.122 e. The molecule has 0 amide bonds. The van der Waals surface area contributed by atoms with Crippen molar-refractivity contribution in [2.45, 2.75) is 19.9 Å². The van der Waals surface area contributed by atoms with Crippen molar-refractivity contribution in [1.82, 2.24) is 10.6 Å². The van der Waals surface area contributed by atoms with E-state index in [1.54, 1.807) is 6.08 Å². The summed E-state index contributed by atoms with van der Waals surface area (Å²) in [5.74, 6) is 6.78. The van der Waals surface area contributed by atoms with E-state index in [-0.39, 0.29) is 12.0 Å². The molecule has 0 saturated carbocycles. The minimum atomic E-state index is 0.135. The van der Waals surface area contributed by atoms with Crippen LogP contribution in [0.15, 0.2) is 40.8 Å². The average molecular weight is 273 g/mol. The van der Waals surface area contributed by atoms with Crippen molar-refractivity contribution in [3.63, 3.8) is 0 Å². The van der Waals surface area contributed by atoms with Crippen LogP contribution in [0.5, 0.6) is 0 Å². The monoisotopic (exact) mass is 273 g/mol. The van der Waals surface area contributed by atoms with Gasteiger partial charge in [-0.15, -0.1) is 0 Å². The van der Waals surface area contributed by atoms with E-state index in [1.165, 1.54) is 6.20 Å². The maximum atomic E-state index is 5.91. The number of rotatable bonds is 4. The van der Waals surface area contributed by atoms with Crippen LogP contribution in [-0.4, -0.2) is 25.5 Å². The van der Waals surface area contributed by atoms with Gasteiger partial charge in [0.1, 0.15) is 5.84 Å². The molecule has 5 heteroatoms. The Morgan fingerprint density at radius 3 is 3.00 bits per heavy atom. The van der Waals surface area contributed by atoms with Crippen LogP contribution in [-0.2, 0) is 0 Å². The van der Waals surface area contributed by atoms with Crippen LogP contribution < -0.4 is 22.1 Å². The number of aliphatic imine (C=N–C) groups is 1. The number of hydrogen-bond acceptors (Lipinski definition) is 4. The third-order valence-corrected chi connectivity index (χ3v) is 3.05. The Morgan fingerprint density at radius 2 is 2.35 bits per heavy atom. The highest BCUT2D eigenvalue weighted by molar-refractivity contribution is 5.96. The number of allylic oxidation sites excluding steroid dienone is 1. The van der Waals surface area contributed by atoms with Crippen LogP contribution in [0.2, 0.25) is 0 Å². The molecule has 1 aliphatic heterocycles. The minimum Gasteiger partial charge on any atom is -0.404 e. The lowest BCUT2D eigenvalue weighted by Gasteiger charge is -2.12. The summed E-state index contributed by atoms with van der Waals surface area (Å²) in [6.45, 7) is 4.56. The first-order valence-corrected chi connectivity index (χ1v) is 6.57. The molecule has 108 valence electrons. The van der Waals surface area contributed by atoms with Gasteiger partial charge in [0.25, 0.3) is 0 Å². The number of hydrogen-bond donors (Lipinski definition) is 4. The zero-order valence-electron chi connectivity index (χ0n) is 12.3. The first-order valence-electron chi connectivity index (χ1n) is 6.57. The van der Waals surface area contributed by atoms with Gasteiger partial charge in [0.05, 0.1) is 12.5 Å². The van der Waals surface area contributed by atoms with Crippen LogP contribution in [0.3, 0.4) is 0 Å². The van der Waals surface area contributed by atoms with Crippen molar-refractivity contribution >= 4 is 5.84 Å². The molecule has 0 aromatic carbocycles. The zero-order valence-corrected chi connectivity index (χ0v) is 12.3. The van der Waals surface area contributed by atoms with E-state index in [2.05, 4.69) is 34.4 Å². The first kappa shape index (κ1) is 15.7. The highest BCUT2D eigenvalue weighted by Crippen LogP contribution is 2.20. The Balaban J connectivity index is 2.74. The maximum absolute atomic E-state index is 5.91. The van der Waals surface area contributed by atoms with Gasteiger partial charge in [0.15, 0.2) is 0 Å². The van der Waals surface area contributed by atoms with Gasteiger partial charge in [-0.05, 0) is 25.6 Å². The minimum absolute atomic E-state index is 0.135. The molecule has 0 spiro atoms. The van der Waals surface area contributed by atoms with Gasteiger partial charge >= 0.3 is 0 Å². The molecule has 0 bridgehead atoms. The molecule has 0 saturated heterocycles. The number of nitrogens with two attached hydrogens (primary N) is 2. The molecule has 0 radical (unpaired) electrons. The molecule has 0 aromatic rings. The third-order valence-electron chi connectivity index (χ3n) is 3.05. The van der Waals surface area contributed by atoms with Crippen molar-refractivity contribution in [2.75, 3.05) is 13.6 Å². The normalized spacial score (nSPS) is 23.1. The highest BCUT2D eigenvalue weighted by Gasteiger charge is 2.23. The molecular weight excluding hydrogens is 250 g/mol. The molecule has 1 aliphatic rings. The predicted molar refractivity (Wildman–Crippen MR) is 84.6 cm³/mol. The number of nitrogens with one attached hydrogen (secondary N) is 2. The van der Waals surface area contributed by atoms with Crippen molar-refractivity contribution in [2.24, 2.45) is 22.4 Å². The summed E-state index contributed by atoms with van der Waals surface area (Å²) in [5.41, 5.74) is 13.2. The van der Waals surface area contributed by atoms with E-state index in [9.17, 15) is 0 Å². The molecule has 1 rings (SSSR count).